The number of rotatable bonds is 1. The molecule has 2 heterocycles. The Labute approximate surface area is 166 Å². The summed E-state index contributed by atoms with van der Waals surface area (Å²) in [6, 6.07) is 3.11. The third-order valence-electron chi connectivity index (χ3n) is 6.74. The molecule has 4 aliphatic rings. The summed E-state index contributed by atoms with van der Waals surface area (Å²) in [5.74, 6) is -2.41. The fourth-order valence-corrected chi connectivity index (χ4v) is 5.22. The van der Waals surface area contributed by atoms with E-state index < -0.39 is 29.3 Å². The predicted octanol–water partition coefficient (Wildman–Crippen LogP) is 3.63. The highest BCUT2D eigenvalue weighted by Crippen LogP contribution is 2.56. The van der Waals surface area contributed by atoms with Crippen molar-refractivity contribution in [2.24, 2.45) is 16.5 Å². The van der Waals surface area contributed by atoms with Gasteiger partial charge in [-0.3, -0.25) is 4.79 Å². The highest BCUT2D eigenvalue weighted by molar-refractivity contribution is 6.07. The van der Waals surface area contributed by atoms with Crippen molar-refractivity contribution in [1.82, 2.24) is 0 Å². The third-order valence-corrected chi connectivity index (χ3v) is 6.74. The number of fused-ring (bicyclic) bond motifs is 4. The molecular formula is C22H19F2NO4. The minimum absolute atomic E-state index is 0.0721. The first-order valence-electron chi connectivity index (χ1n) is 9.61. The van der Waals surface area contributed by atoms with Gasteiger partial charge in [0.25, 0.3) is 0 Å². The van der Waals surface area contributed by atoms with Crippen molar-refractivity contribution in [2.45, 2.75) is 44.8 Å². The lowest BCUT2D eigenvalue weighted by Crippen LogP contribution is -2.47. The van der Waals surface area contributed by atoms with Gasteiger partial charge in [-0.2, -0.15) is 0 Å². The summed E-state index contributed by atoms with van der Waals surface area (Å²) in [7, 11) is 0. The van der Waals surface area contributed by atoms with Gasteiger partial charge in [-0.1, -0.05) is 18.2 Å². The van der Waals surface area contributed by atoms with Crippen molar-refractivity contribution in [3.05, 3.63) is 58.7 Å². The second-order valence-electron chi connectivity index (χ2n) is 8.48. The van der Waals surface area contributed by atoms with Gasteiger partial charge >= 0.3 is 5.97 Å². The number of allylic oxidation sites excluding steroid dienone is 3. The zero-order valence-electron chi connectivity index (χ0n) is 16.0. The van der Waals surface area contributed by atoms with Crippen LogP contribution >= 0.6 is 0 Å². The van der Waals surface area contributed by atoms with E-state index in [2.05, 4.69) is 5.16 Å². The van der Waals surface area contributed by atoms with E-state index in [0.717, 1.165) is 30.2 Å². The Morgan fingerprint density at radius 1 is 1.17 bits per heavy atom. The van der Waals surface area contributed by atoms with E-state index in [-0.39, 0.29) is 29.1 Å². The molecule has 1 saturated carbocycles. The lowest BCUT2D eigenvalue weighted by Gasteiger charge is -2.43. The molecule has 0 radical (unpaired) electrons. The largest absolute Gasteiger partial charge is 0.454 e. The number of carbonyl (C=O) groups is 2. The Kier molecular flexibility index (Phi) is 3.67. The van der Waals surface area contributed by atoms with Gasteiger partial charge in [0.1, 0.15) is 17.7 Å². The maximum Gasteiger partial charge on any atom is 0.354 e. The number of nitrogens with zero attached hydrogens (tertiary/aromatic N) is 1. The Morgan fingerprint density at radius 2 is 1.90 bits per heavy atom. The average Bonchev–Trinajstić information content (AvgIpc) is 3.21. The number of carbonyl (C=O) groups excluding carboxylic acids is 2. The molecule has 1 aromatic rings. The number of halogens is 2. The van der Waals surface area contributed by atoms with Crippen molar-refractivity contribution >= 4 is 17.5 Å². The van der Waals surface area contributed by atoms with Crippen LogP contribution in [-0.4, -0.2) is 29.2 Å². The second-order valence-corrected chi connectivity index (χ2v) is 8.48. The SMILES string of the molecule is CC1=C2[C@H]3OC(=O)[C@]4(CC(c5cc(F)cc(F)c5)=NO4)[C@@H]3CC[C@@]2(C)C=CC1=O. The van der Waals surface area contributed by atoms with E-state index in [1.54, 1.807) is 13.0 Å². The van der Waals surface area contributed by atoms with Gasteiger partial charge in [-0.15, -0.1) is 0 Å². The molecule has 5 rings (SSSR count). The number of hydrogen-bond acceptors (Lipinski definition) is 5. The van der Waals surface area contributed by atoms with E-state index in [1.165, 1.54) is 0 Å². The number of hydrogen-bond donors (Lipinski definition) is 0. The van der Waals surface area contributed by atoms with Gasteiger partial charge in [-0.05, 0) is 43.5 Å². The van der Waals surface area contributed by atoms with Crippen molar-refractivity contribution < 1.29 is 27.9 Å². The van der Waals surface area contributed by atoms with Crippen LogP contribution in [0.15, 0.2) is 46.7 Å². The Hall–Kier alpha value is -2.83. The van der Waals surface area contributed by atoms with Crippen molar-refractivity contribution in [3.63, 3.8) is 0 Å². The molecule has 1 aromatic carbocycles. The van der Waals surface area contributed by atoms with Crippen LogP contribution in [0.5, 0.6) is 0 Å². The summed E-state index contributed by atoms with van der Waals surface area (Å²) >= 11 is 0. The molecule has 2 aliphatic carbocycles. The first-order chi connectivity index (χ1) is 13.7. The Bertz CT molecular complexity index is 1040. The number of ketones is 1. The van der Waals surface area contributed by atoms with Crippen LogP contribution in [-0.2, 0) is 19.2 Å². The summed E-state index contributed by atoms with van der Waals surface area (Å²) in [6.45, 7) is 3.80. The maximum absolute atomic E-state index is 13.6. The zero-order valence-corrected chi connectivity index (χ0v) is 16.0. The molecule has 2 fully saturated rings. The second kappa shape index (κ2) is 5.84. The smallest absolute Gasteiger partial charge is 0.354 e. The van der Waals surface area contributed by atoms with E-state index in [4.69, 9.17) is 9.57 Å². The van der Waals surface area contributed by atoms with Crippen molar-refractivity contribution in [3.8, 4) is 0 Å². The molecule has 0 unspecified atom stereocenters. The maximum atomic E-state index is 13.6. The fourth-order valence-electron chi connectivity index (χ4n) is 5.22. The number of oxime groups is 1. The molecule has 1 spiro atoms. The quantitative estimate of drug-likeness (QED) is 0.677. The van der Waals surface area contributed by atoms with Gasteiger partial charge in [0.05, 0.1) is 11.6 Å². The number of esters is 1. The number of ether oxygens (including phenoxy) is 1. The number of benzene rings is 1. The van der Waals surface area contributed by atoms with Crippen LogP contribution in [0.2, 0.25) is 0 Å². The Morgan fingerprint density at radius 3 is 2.62 bits per heavy atom. The molecule has 7 heteroatoms. The van der Waals surface area contributed by atoms with Crippen LogP contribution in [0.3, 0.4) is 0 Å². The predicted molar refractivity (Wildman–Crippen MR) is 98.9 cm³/mol. The lowest BCUT2D eigenvalue weighted by molar-refractivity contribution is -0.158. The molecule has 0 aromatic heterocycles. The van der Waals surface area contributed by atoms with Crippen LogP contribution < -0.4 is 0 Å². The van der Waals surface area contributed by atoms with Crippen LogP contribution in [0.25, 0.3) is 0 Å². The minimum atomic E-state index is -1.33. The van der Waals surface area contributed by atoms with E-state index in [9.17, 15) is 18.4 Å². The van der Waals surface area contributed by atoms with Gasteiger partial charge in [0.15, 0.2) is 5.78 Å². The highest BCUT2D eigenvalue weighted by atomic mass is 19.1. The monoisotopic (exact) mass is 399 g/mol. The van der Waals surface area contributed by atoms with Crippen molar-refractivity contribution in [1.29, 1.82) is 0 Å². The van der Waals surface area contributed by atoms with Crippen LogP contribution in [0.1, 0.15) is 38.7 Å². The van der Waals surface area contributed by atoms with Gasteiger partial charge < -0.3 is 9.57 Å². The molecule has 4 atom stereocenters. The van der Waals surface area contributed by atoms with Gasteiger partial charge in [-0.25, -0.2) is 13.6 Å². The molecule has 0 amide bonds. The normalized spacial score (nSPS) is 35.4. The molecule has 5 nitrogen and oxygen atoms in total. The van der Waals surface area contributed by atoms with Crippen LogP contribution in [0.4, 0.5) is 8.78 Å². The van der Waals surface area contributed by atoms with E-state index >= 15 is 0 Å². The average molecular weight is 399 g/mol. The molecule has 1 saturated heterocycles. The van der Waals surface area contributed by atoms with Gasteiger partial charge in [0.2, 0.25) is 5.60 Å². The first kappa shape index (κ1) is 18.2. The van der Waals surface area contributed by atoms with Crippen molar-refractivity contribution in [2.75, 3.05) is 0 Å². The molecule has 150 valence electrons. The zero-order chi connectivity index (χ0) is 20.6. The molecule has 29 heavy (non-hydrogen) atoms. The minimum Gasteiger partial charge on any atom is -0.454 e. The lowest BCUT2D eigenvalue weighted by atomic mass is 9.60. The fraction of sp³-hybridized carbons (Fsp3) is 0.409. The summed E-state index contributed by atoms with van der Waals surface area (Å²) < 4.78 is 33.0. The highest BCUT2D eigenvalue weighted by Gasteiger charge is 2.66. The molecule has 2 aliphatic heterocycles. The first-order valence-corrected chi connectivity index (χ1v) is 9.61. The summed E-state index contributed by atoms with van der Waals surface area (Å²) in [5.41, 5.74) is 0.281. The molecule has 0 N–H and O–H groups in total. The summed E-state index contributed by atoms with van der Waals surface area (Å²) in [4.78, 5) is 30.9. The van der Waals surface area contributed by atoms with E-state index in [0.29, 0.717) is 17.7 Å². The Balaban J connectivity index is 1.51. The topological polar surface area (TPSA) is 65.0 Å². The summed E-state index contributed by atoms with van der Waals surface area (Å²) in [6.07, 6.45) is 4.34. The summed E-state index contributed by atoms with van der Waals surface area (Å²) in [5, 5.41) is 4.01. The van der Waals surface area contributed by atoms with Gasteiger partial charge in [0, 0.05) is 29.0 Å². The van der Waals surface area contributed by atoms with Crippen LogP contribution in [0, 0.1) is 23.0 Å². The molecule has 0 bridgehead atoms. The third kappa shape index (κ3) is 2.46. The molecular weight excluding hydrogens is 380 g/mol. The van der Waals surface area contributed by atoms with E-state index in [1.807, 2.05) is 13.0 Å². The standard InChI is InChI=1S/C22H19F2NO4/c1-11-17(26)4-6-21(2)5-3-15-19(18(11)21)28-20(27)22(15)10-16(25-29-22)12-7-13(23)9-14(24)8-12/h4,6-9,15,19H,3,5,10H2,1-2H3/t15-,19+,21+,22+/m1/s1.